The van der Waals surface area contributed by atoms with E-state index in [2.05, 4.69) is 11.6 Å². The average molecular weight is 219 g/mol. The third-order valence-corrected chi connectivity index (χ3v) is 2.25. The number of aromatic nitrogens is 1. The van der Waals surface area contributed by atoms with Crippen LogP contribution in [0.5, 0.6) is 0 Å². The molecule has 0 fully saturated rings. The molecule has 4 heteroatoms. The quantitative estimate of drug-likeness (QED) is 0.605. The molecule has 0 aliphatic carbocycles. The Bertz CT molecular complexity index is 359. The molecule has 1 rings (SSSR count). The van der Waals surface area contributed by atoms with Crippen molar-refractivity contribution >= 4 is 11.6 Å². The number of nitrogens with zero attached hydrogens (tertiary/aromatic N) is 2. The van der Waals surface area contributed by atoms with Gasteiger partial charge in [-0.25, -0.2) is 4.98 Å². The van der Waals surface area contributed by atoms with Gasteiger partial charge in [0.2, 0.25) is 0 Å². The van der Waals surface area contributed by atoms with Gasteiger partial charge in [0.25, 0.3) is 5.91 Å². The zero-order valence-electron chi connectivity index (χ0n) is 9.52. The molecule has 0 spiro atoms. The average Bonchev–Trinajstić information content (AvgIpc) is 2.29. The number of carbonyl (C=O) groups excluding carboxylic acids is 1. The van der Waals surface area contributed by atoms with E-state index in [1.54, 1.807) is 24.1 Å². The van der Waals surface area contributed by atoms with Crippen molar-refractivity contribution in [2.45, 2.75) is 12.8 Å². The summed E-state index contributed by atoms with van der Waals surface area (Å²) in [5, 5.41) is 0. The summed E-state index contributed by atoms with van der Waals surface area (Å²) in [6.45, 7) is 4.35. The van der Waals surface area contributed by atoms with Crippen LogP contribution in [0.25, 0.3) is 0 Å². The van der Waals surface area contributed by atoms with Gasteiger partial charge < -0.3 is 10.6 Å². The van der Waals surface area contributed by atoms with E-state index < -0.39 is 0 Å². The number of nitrogens with two attached hydrogens (primary N) is 1. The molecular formula is C12H17N3O. The van der Waals surface area contributed by atoms with Gasteiger partial charge in [-0.3, -0.25) is 4.79 Å². The highest BCUT2D eigenvalue weighted by Crippen LogP contribution is 2.05. The van der Waals surface area contributed by atoms with Crippen molar-refractivity contribution in [3.8, 4) is 0 Å². The normalized spacial score (nSPS) is 9.81. The molecule has 0 unspecified atom stereocenters. The van der Waals surface area contributed by atoms with Gasteiger partial charge >= 0.3 is 0 Å². The first kappa shape index (κ1) is 12.2. The highest BCUT2D eigenvalue weighted by molar-refractivity contribution is 5.92. The summed E-state index contributed by atoms with van der Waals surface area (Å²) in [6.07, 6.45) is 5.16. The van der Waals surface area contributed by atoms with Crippen molar-refractivity contribution in [1.29, 1.82) is 0 Å². The number of unbranched alkanes of at least 4 members (excludes halogenated alkanes) is 1. The minimum atomic E-state index is -0.0796. The molecule has 2 N–H and O–H groups in total. The fourth-order valence-electron chi connectivity index (χ4n) is 1.30. The summed E-state index contributed by atoms with van der Waals surface area (Å²) in [4.78, 5) is 17.5. The Kier molecular flexibility index (Phi) is 4.51. The van der Waals surface area contributed by atoms with Crippen molar-refractivity contribution in [3.63, 3.8) is 0 Å². The summed E-state index contributed by atoms with van der Waals surface area (Å²) in [5.41, 5.74) is 6.49. The number of carbonyl (C=O) groups is 1. The van der Waals surface area contributed by atoms with Crippen LogP contribution in [-0.2, 0) is 0 Å². The lowest BCUT2D eigenvalue weighted by Crippen LogP contribution is -2.28. The van der Waals surface area contributed by atoms with Crippen LogP contribution in [0.2, 0.25) is 0 Å². The molecule has 0 bridgehead atoms. The van der Waals surface area contributed by atoms with Crippen molar-refractivity contribution in [2.24, 2.45) is 0 Å². The maximum Gasteiger partial charge on any atom is 0.272 e. The van der Waals surface area contributed by atoms with E-state index in [1.807, 2.05) is 6.08 Å². The predicted molar refractivity (Wildman–Crippen MR) is 65.0 cm³/mol. The summed E-state index contributed by atoms with van der Waals surface area (Å²) >= 11 is 0. The lowest BCUT2D eigenvalue weighted by molar-refractivity contribution is 0.0788. The number of hydrogen-bond donors (Lipinski definition) is 1. The Labute approximate surface area is 95.8 Å². The molecule has 0 saturated carbocycles. The van der Waals surface area contributed by atoms with E-state index in [1.165, 1.54) is 6.20 Å². The fraction of sp³-hybridized carbons (Fsp3) is 0.333. The lowest BCUT2D eigenvalue weighted by atomic mass is 10.2. The Morgan fingerprint density at radius 3 is 2.94 bits per heavy atom. The highest BCUT2D eigenvalue weighted by atomic mass is 16.2. The van der Waals surface area contributed by atoms with Gasteiger partial charge in [-0.15, -0.1) is 6.58 Å². The van der Waals surface area contributed by atoms with E-state index in [4.69, 9.17) is 5.73 Å². The third-order valence-electron chi connectivity index (χ3n) is 2.25. The fourth-order valence-corrected chi connectivity index (χ4v) is 1.30. The van der Waals surface area contributed by atoms with Crippen LogP contribution in [-0.4, -0.2) is 29.4 Å². The first-order chi connectivity index (χ1) is 7.65. The molecule has 16 heavy (non-hydrogen) atoms. The van der Waals surface area contributed by atoms with Crippen LogP contribution < -0.4 is 5.73 Å². The largest absolute Gasteiger partial charge is 0.397 e. The monoisotopic (exact) mass is 219 g/mol. The predicted octanol–water partition coefficient (Wildman–Crippen LogP) is 1.70. The Hall–Kier alpha value is -1.84. The number of nitrogen functional groups attached to an aromatic ring is 1. The van der Waals surface area contributed by atoms with Gasteiger partial charge in [-0.05, 0) is 25.0 Å². The maximum absolute atomic E-state index is 11.8. The molecule has 86 valence electrons. The number of rotatable bonds is 5. The van der Waals surface area contributed by atoms with Crippen LogP contribution in [0, 0.1) is 0 Å². The molecule has 1 heterocycles. The van der Waals surface area contributed by atoms with Crippen molar-refractivity contribution in [1.82, 2.24) is 9.88 Å². The van der Waals surface area contributed by atoms with Crippen molar-refractivity contribution in [2.75, 3.05) is 19.3 Å². The van der Waals surface area contributed by atoms with E-state index in [-0.39, 0.29) is 5.91 Å². The second-order valence-electron chi connectivity index (χ2n) is 3.63. The first-order valence-corrected chi connectivity index (χ1v) is 5.23. The standard InChI is InChI=1S/C12H17N3O/c1-3-4-5-8-15(2)12(16)11-7-6-10(13)9-14-11/h3,6-7,9H,1,4-5,8,13H2,2H3. The van der Waals surface area contributed by atoms with Crippen LogP contribution in [0.1, 0.15) is 23.3 Å². The number of allylic oxidation sites excluding steroid dienone is 1. The van der Waals surface area contributed by atoms with Crippen LogP contribution >= 0.6 is 0 Å². The minimum absolute atomic E-state index is 0.0796. The third kappa shape index (κ3) is 3.38. The smallest absolute Gasteiger partial charge is 0.272 e. The minimum Gasteiger partial charge on any atom is -0.397 e. The Morgan fingerprint density at radius 2 is 2.38 bits per heavy atom. The topological polar surface area (TPSA) is 59.2 Å². The second-order valence-corrected chi connectivity index (χ2v) is 3.63. The number of pyridine rings is 1. The van der Waals surface area contributed by atoms with Gasteiger partial charge in [0.15, 0.2) is 0 Å². The van der Waals surface area contributed by atoms with Gasteiger partial charge in [-0.1, -0.05) is 6.08 Å². The number of hydrogen-bond acceptors (Lipinski definition) is 3. The molecule has 0 aliphatic heterocycles. The summed E-state index contributed by atoms with van der Waals surface area (Å²) < 4.78 is 0. The van der Waals surface area contributed by atoms with Crippen molar-refractivity contribution in [3.05, 3.63) is 36.7 Å². The summed E-state index contributed by atoms with van der Waals surface area (Å²) in [7, 11) is 1.77. The molecule has 0 radical (unpaired) electrons. The summed E-state index contributed by atoms with van der Waals surface area (Å²) in [6, 6.07) is 3.32. The molecule has 1 amide bonds. The van der Waals surface area contributed by atoms with E-state index >= 15 is 0 Å². The molecule has 0 atom stereocenters. The Morgan fingerprint density at radius 1 is 1.62 bits per heavy atom. The molecular weight excluding hydrogens is 202 g/mol. The zero-order chi connectivity index (χ0) is 12.0. The highest BCUT2D eigenvalue weighted by Gasteiger charge is 2.11. The van der Waals surface area contributed by atoms with Crippen LogP contribution in [0.3, 0.4) is 0 Å². The molecule has 4 nitrogen and oxygen atoms in total. The first-order valence-electron chi connectivity index (χ1n) is 5.23. The molecule has 1 aromatic heterocycles. The van der Waals surface area contributed by atoms with Gasteiger partial charge in [0, 0.05) is 13.6 Å². The van der Waals surface area contributed by atoms with Crippen LogP contribution in [0.15, 0.2) is 31.0 Å². The number of anilines is 1. The molecule has 0 saturated heterocycles. The van der Waals surface area contributed by atoms with E-state index in [9.17, 15) is 4.79 Å². The molecule has 0 aliphatic rings. The van der Waals surface area contributed by atoms with E-state index in [0.29, 0.717) is 17.9 Å². The van der Waals surface area contributed by atoms with Crippen LogP contribution in [0.4, 0.5) is 5.69 Å². The Balaban J connectivity index is 2.56. The van der Waals surface area contributed by atoms with Crippen molar-refractivity contribution < 1.29 is 4.79 Å². The molecule has 1 aromatic rings. The SMILES string of the molecule is C=CCCCN(C)C(=O)c1ccc(N)cn1. The maximum atomic E-state index is 11.8. The van der Waals surface area contributed by atoms with Gasteiger partial charge in [0.1, 0.15) is 5.69 Å². The second kappa shape index (κ2) is 5.90. The van der Waals surface area contributed by atoms with Gasteiger partial charge in [0.05, 0.1) is 11.9 Å². The number of amides is 1. The van der Waals surface area contributed by atoms with Gasteiger partial charge in [-0.2, -0.15) is 0 Å². The summed E-state index contributed by atoms with van der Waals surface area (Å²) in [5.74, 6) is -0.0796. The molecule has 0 aromatic carbocycles. The van der Waals surface area contributed by atoms with E-state index in [0.717, 1.165) is 12.8 Å². The lowest BCUT2D eigenvalue weighted by Gasteiger charge is -2.15. The zero-order valence-corrected chi connectivity index (χ0v) is 9.52.